The van der Waals surface area contributed by atoms with E-state index < -0.39 is 5.97 Å². The first-order valence-electron chi connectivity index (χ1n) is 8.91. The van der Waals surface area contributed by atoms with E-state index in [4.69, 9.17) is 0 Å². The maximum atomic E-state index is 11.8. The van der Waals surface area contributed by atoms with Crippen molar-refractivity contribution in [2.24, 2.45) is 17.3 Å². The number of hydrogen-bond donors (Lipinski definition) is 1. The van der Waals surface area contributed by atoms with Crippen LogP contribution in [0.4, 0.5) is 0 Å². The molecule has 2 aliphatic carbocycles. The number of carbonyl (C=O) groups is 1. The highest BCUT2D eigenvalue weighted by molar-refractivity contribution is 5.74. The number of hydrogen-bond acceptors (Lipinski definition) is 1. The zero-order valence-corrected chi connectivity index (χ0v) is 13.2. The van der Waals surface area contributed by atoms with Crippen LogP contribution in [-0.2, 0) is 4.79 Å². The highest BCUT2D eigenvalue weighted by atomic mass is 16.4. The molecular weight excluding hydrogens is 248 g/mol. The van der Waals surface area contributed by atoms with Gasteiger partial charge in [-0.15, -0.1) is 0 Å². The third-order valence-electron chi connectivity index (χ3n) is 6.02. The predicted octanol–water partition coefficient (Wildman–Crippen LogP) is 5.41. The Morgan fingerprint density at radius 1 is 1.00 bits per heavy atom. The molecular formula is C18H32O2. The van der Waals surface area contributed by atoms with Gasteiger partial charge in [-0.05, 0) is 43.9 Å². The third kappa shape index (κ3) is 3.77. The van der Waals surface area contributed by atoms with Gasteiger partial charge in [-0.3, -0.25) is 4.79 Å². The van der Waals surface area contributed by atoms with Gasteiger partial charge in [0.15, 0.2) is 0 Å². The Kier molecular flexibility index (Phi) is 5.92. The lowest BCUT2D eigenvalue weighted by Crippen LogP contribution is -2.37. The van der Waals surface area contributed by atoms with Crippen LogP contribution in [0.1, 0.15) is 90.4 Å². The van der Waals surface area contributed by atoms with Crippen LogP contribution in [0.25, 0.3) is 0 Å². The Morgan fingerprint density at radius 3 is 2.15 bits per heavy atom. The van der Waals surface area contributed by atoms with Gasteiger partial charge in [0, 0.05) is 0 Å². The van der Waals surface area contributed by atoms with E-state index in [0.29, 0.717) is 0 Å². The quantitative estimate of drug-likeness (QED) is 0.661. The molecule has 0 aliphatic heterocycles. The summed E-state index contributed by atoms with van der Waals surface area (Å²) in [5, 5.41) is 9.68. The Bertz CT molecular complexity index is 297. The summed E-state index contributed by atoms with van der Waals surface area (Å²) < 4.78 is 0. The van der Waals surface area contributed by atoms with Crippen LogP contribution in [-0.4, -0.2) is 11.1 Å². The first-order valence-corrected chi connectivity index (χ1v) is 8.91. The van der Waals surface area contributed by atoms with Gasteiger partial charge < -0.3 is 5.11 Å². The van der Waals surface area contributed by atoms with E-state index in [1.807, 2.05) is 0 Å². The average Bonchev–Trinajstić information content (AvgIpc) is 2.49. The Hall–Kier alpha value is -0.530. The fourth-order valence-electron chi connectivity index (χ4n) is 4.55. The predicted molar refractivity (Wildman–Crippen MR) is 82.7 cm³/mol. The number of aliphatic carboxylic acids is 1. The summed E-state index contributed by atoms with van der Waals surface area (Å²) in [5.41, 5.74) is -0.375. The largest absolute Gasteiger partial charge is 0.481 e. The number of carboxylic acid groups (broad SMARTS) is 1. The van der Waals surface area contributed by atoms with Crippen molar-refractivity contribution in [2.75, 3.05) is 0 Å². The molecule has 0 aromatic rings. The number of carboxylic acids is 1. The first-order chi connectivity index (χ1) is 9.68. The van der Waals surface area contributed by atoms with Gasteiger partial charge in [-0.2, -0.15) is 0 Å². The Labute approximate surface area is 124 Å². The van der Waals surface area contributed by atoms with Gasteiger partial charge in [0.05, 0.1) is 5.41 Å². The summed E-state index contributed by atoms with van der Waals surface area (Å²) in [4.78, 5) is 11.8. The van der Waals surface area contributed by atoms with Crippen LogP contribution in [0.2, 0.25) is 0 Å². The molecule has 2 rings (SSSR count). The molecule has 0 bridgehead atoms. The minimum Gasteiger partial charge on any atom is -0.481 e. The molecule has 2 saturated carbocycles. The molecule has 0 heterocycles. The molecule has 0 radical (unpaired) electrons. The van der Waals surface area contributed by atoms with Crippen LogP contribution in [0.3, 0.4) is 0 Å². The van der Waals surface area contributed by atoms with E-state index in [0.717, 1.165) is 37.5 Å². The molecule has 0 unspecified atom stereocenters. The fraction of sp³-hybridized carbons (Fsp3) is 0.944. The van der Waals surface area contributed by atoms with Crippen molar-refractivity contribution in [3.05, 3.63) is 0 Å². The lowest BCUT2D eigenvalue weighted by Gasteiger charge is -2.41. The van der Waals surface area contributed by atoms with Crippen molar-refractivity contribution in [1.82, 2.24) is 0 Å². The van der Waals surface area contributed by atoms with E-state index in [1.54, 1.807) is 0 Å². The molecule has 0 aromatic heterocycles. The third-order valence-corrected chi connectivity index (χ3v) is 6.02. The van der Waals surface area contributed by atoms with E-state index in [2.05, 4.69) is 6.92 Å². The maximum absolute atomic E-state index is 11.8. The van der Waals surface area contributed by atoms with Crippen LogP contribution < -0.4 is 0 Å². The maximum Gasteiger partial charge on any atom is 0.309 e. The monoisotopic (exact) mass is 280 g/mol. The number of unbranched alkanes of at least 4 members (excludes halogenated alkanes) is 2. The molecule has 1 N–H and O–H groups in total. The van der Waals surface area contributed by atoms with E-state index >= 15 is 0 Å². The minimum absolute atomic E-state index is 0.375. The molecule has 0 aromatic carbocycles. The van der Waals surface area contributed by atoms with E-state index in [1.165, 1.54) is 57.8 Å². The fourth-order valence-corrected chi connectivity index (χ4v) is 4.55. The lowest BCUT2D eigenvalue weighted by molar-refractivity contribution is -0.152. The van der Waals surface area contributed by atoms with Gasteiger partial charge in [0.2, 0.25) is 0 Å². The topological polar surface area (TPSA) is 37.3 Å². The zero-order valence-electron chi connectivity index (χ0n) is 13.2. The van der Waals surface area contributed by atoms with Crippen molar-refractivity contribution >= 4 is 5.97 Å². The van der Waals surface area contributed by atoms with Crippen molar-refractivity contribution in [3.63, 3.8) is 0 Å². The van der Waals surface area contributed by atoms with Gasteiger partial charge in [0.1, 0.15) is 0 Å². The van der Waals surface area contributed by atoms with Crippen LogP contribution in [0.5, 0.6) is 0 Å². The molecule has 0 spiro atoms. The second-order valence-electron chi connectivity index (χ2n) is 7.28. The SMILES string of the molecule is CCCCCC1(C(=O)O)CCC(C2CCCCC2)CC1. The van der Waals surface area contributed by atoms with Crippen molar-refractivity contribution < 1.29 is 9.90 Å². The molecule has 2 nitrogen and oxygen atoms in total. The summed E-state index contributed by atoms with van der Waals surface area (Å²) in [7, 11) is 0. The second-order valence-corrected chi connectivity index (χ2v) is 7.28. The summed E-state index contributed by atoms with van der Waals surface area (Å²) in [6.45, 7) is 2.19. The Morgan fingerprint density at radius 2 is 1.60 bits per heavy atom. The van der Waals surface area contributed by atoms with Crippen LogP contribution in [0.15, 0.2) is 0 Å². The Balaban J connectivity index is 1.86. The van der Waals surface area contributed by atoms with Crippen LogP contribution >= 0.6 is 0 Å². The summed E-state index contributed by atoms with van der Waals surface area (Å²) in [6.07, 6.45) is 15.6. The summed E-state index contributed by atoms with van der Waals surface area (Å²) in [5.74, 6) is 1.22. The average molecular weight is 280 g/mol. The van der Waals surface area contributed by atoms with Gasteiger partial charge >= 0.3 is 5.97 Å². The van der Waals surface area contributed by atoms with Gasteiger partial charge in [-0.1, -0.05) is 58.3 Å². The van der Waals surface area contributed by atoms with Gasteiger partial charge in [0.25, 0.3) is 0 Å². The second kappa shape index (κ2) is 7.47. The summed E-state index contributed by atoms with van der Waals surface area (Å²) >= 11 is 0. The summed E-state index contributed by atoms with van der Waals surface area (Å²) in [6, 6.07) is 0. The molecule has 0 saturated heterocycles. The molecule has 0 atom stereocenters. The molecule has 20 heavy (non-hydrogen) atoms. The first kappa shape index (κ1) is 15.9. The standard InChI is InChI=1S/C18H32O2/c1-2-3-7-12-18(17(19)20)13-10-16(11-14-18)15-8-5-4-6-9-15/h15-16H,2-14H2,1H3,(H,19,20). The van der Waals surface area contributed by atoms with Crippen molar-refractivity contribution in [2.45, 2.75) is 90.4 Å². The number of rotatable bonds is 6. The lowest BCUT2D eigenvalue weighted by atomic mass is 9.63. The van der Waals surface area contributed by atoms with Crippen molar-refractivity contribution in [3.8, 4) is 0 Å². The molecule has 2 aliphatic rings. The van der Waals surface area contributed by atoms with Gasteiger partial charge in [-0.25, -0.2) is 0 Å². The zero-order chi connectivity index (χ0) is 14.4. The minimum atomic E-state index is -0.518. The van der Waals surface area contributed by atoms with Crippen molar-refractivity contribution in [1.29, 1.82) is 0 Å². The molecule has 2 heteroatoms. The smallest absolute Gasteiger partial charge is 0.309 e. The highest BCUT2D eigenvalue weighted by Gasteiger charge is 2.42. The molecule has 0 amide bonds. The van der Waals surface area contributed by atoms with Crippen LogP contribution in [0, 0.1) is 17.3 Å². The molecule has 2 fully saturated rings. The normalized spacial score (nSPS) is 32.1. The molecule has 116 valence electrons. The van der Waals surface area contributed by atoms with E-state index in [9.17, 15) is 9.90 Å². The highest BCUT2D eigenvalue weighted by Crippen LogP contribution is 2.47. The van der Waals surface area contributed by atoms with E-state index in [-0.39, 0.29) is 5.41 Å².